The standard InChI is InChI=1S/C24H27N3O.2ClH/c1-17-9-11-21(26-16-17)13-14-27(22-12-10-18(2)19(3)15-22)24(28)23(25)20-7-5-4-6-8-20;;/h4-12,15-16,23H,13-14,25H2,1-3H3;2*1H. The number of nitrogens with two attached hydrogens (primary N) is 1. The number of pyridine rings is 1. The summed E-state index contributed by atoms with van der Waals surface area (Å²) in [5.74, 6) is -0.110. The minimum atomic E-state index is -0.700. The van der Waals surface area contributed by atoms with E-state index in [2.05, 4.69) is 18.8 Å². The zero-order chi connectivity index (χ0) is 20.1. The van der Waals surface area contributed by atoms with Gasteiger partial charge in [-0.15, -0.1) is 24.8 Å². The topological polar surface area (TPSA) is 59.2 Å². The van der Waals surface area contributed by atoms with E-state index in [1.54, 1.807) is 4.90 Å². The summed E-state index contributed by atoms with van der Waals surface area (Å²) < 4.78 is 0. The maximum atomic E-state index is 13.3. The highest BCUT2D eigenvalue weighted by molar-refractivity contribution is 5.97. The summed E-state index contributed by atoms with van der Waals surface area (Å²) in [4.78, 5) is 19.5. The van der Waals surface area contributed by atoms with Crippen LogP contribution in [-0.4, -0.2) is 17.4 Å². The molecule has 1 heterocycles. The molecule has 0 aliphatic heterocycles. The first-order chi connectivity index (χ1) is 13.5. The molecule has 0 fully saturated rings. The van der Waals surface area contributed by atoms with Crippen molar-refractivity contribution in [3.05, 3.63) is 94.8 Å². The Hall–Kier alpha value is -2.40. The number of hydrogen-bond donors (Lipinski definition) is 1. The Labute approximate surface area is 191 Å². The number of hydrogen-bond acceptors (Lipinski definition) is 3. The molecule has 2 N–H and O–H groups in total. The van der Waals surface area contributed by atoms with E-state index in [1.165, 1.54) is 5.56 Å². The van der Waals surface area contributed by atoms with Gasteiger partial charge >= 0.3 is 0 Å². The first-order valence-electron chi connectivity index (χ1n) is 9.56. The first kappa shape index (κ1) is 25.6. The van der Waals surface area contributed by atoms with Crippen molar-refractivity contribution in [1.82, 2.24) is 4.98 Å². The van der Waals surface area contributed by atoms with Gasteiger partial charge in [0.05, 0.1) is 0 Å². The highest BCUT2D eigenvalue weighted by Crippen LogP contribution is 2.23. The van der Waals surface area contributed by atoms with E-state index < -0.39 is 6.04 Å². The monoisotopic (exact) mass is 445 g/mol. The van der Waals surface area contributed by atoms with Gasteiger partial charge in [-0.05, 0) is 61.2 Å². The summed E-state index contributed by atoms with van der Waals surface area (Å²) in [7, 11) is 0. The van der Waals surface area contributed by atoms with Crippen LogP contribution in [0.2, 0.25) is 0 Å². The van der Waals surface area contributed by atoms with Crippen molar-refractivity contribution in [2.75, 3.05) is 11.4 Å². The van der Waals surface area contributed by atoms with E-state index >= 15 is 0 Å². The molecule has 0 aliphatic carbocycles. The minimum absolute atomic E-state index is 0. The molecule has 1 aromatic heterocycles. The summed E-state index contributed by atoms with van der Waals surface area (Å²) >= 11 is 0. The van der Waals surface area contributed by atoms with Crippen LogP contribution in [0.15, 0.2) is 66.9 Å². The molecule has 1 amide bonds. The third kappa shape index (κ3) is 6.30. The van der Waals surface area contributed by atoms with Crippen LogP contribution in [0, 0.1) is 20.8 Å². The second-order valence-corrected chi connectivity index (χ2v) is 7.22. The number of halogens is 2. The van der Waals surface area contributed by atoms with Crippen molar-refractivity contribution in [2.45, 2.75) is 33.2 Å². The molecule has 3 aromatic rings. The molecule has 0 saturated heterocycles. The van der Waals surface area contributed by atoms with E-state index in [4.69, 9.17) is 5.73 Å². The van der Waals surface area contributed by atoms with Gasteiger partial charge in [-0.25, -0.2) is 0 Å². The molecule has 6 heteroatoms. The van der Waals surface area contributed by atoms with Gasteiger partial charge in [0.15, 0.2) is 0 Å². The fourth-order valence-corrected chi connectivity index (χ4v) is 3.10. The van der Waals surface area contributed by atoms with Crippen LogP contribution in [0.1, 0.15) is 34.0 Å². The first-order valence-corrected chi connectivity index (χ1v) is 9.56. The summed E-state index contributed by atoms with van der Waals surface area (Å²) in [5, 5.41) is 0. The van der Waals surface area contributed by atoms with Crippen LogP contribution in [0.4, 0.5) is 5.69 Å². The molecule has 0 spiro atoms. The summed E-state index contributed by atoms with van der Waals surface area (Å²) in [5.41, 5.74) is 12.4. The number of benzene rings is 2. The molecule has 0 radical (unpaired) electrons. The second kappa shape index (κ2) is 11.7. The van der Waals surface area contributed by atoms with Gasteiger partial charge in [0, 0.05) is 30.5 Å². The number of carbonyl (C=O) groups excluding carboxylic acids is 1. The molecule has 4 nitrogen and oxygen atoms in total. The minimum Gasteiger partial charge on any atom is -0.316 e. The van der Waals surface area contributed by atoms with E-state index in [0.717, 1.165) is 28.1 Å². The maximum Gasteiger partial charge on any atom is 0.248 e. The van der Waals surface area contributed by atoms with Gasteiger partial charge in [-0.1, -0.05) is 42.5 Å². The van der Waals surface area contributed by atoms with Crippen LogP contribution in [0.3, 0.4) is 0 Å². The maximum absolute atomic E-state index is 13.3. The largest absolute Gasteiger partial charge is 0.316 e. The van der Waals surface area contributed by atoms with Gasteiger partial charge in [-0.2, -0.15) is 0 Å². The van der Waals surface area contributed by atoms with Crippen LogP contribution >= 0.6 is 24.8 Å². The van der Waals surface area contributed by atoms with Crippen molar-refractivity contribution in [3.63, 3.8) is 0 Å². The molecule has 0 saturated carbocycles. The number of amides is 1. The fraction of sp³-hybridized carbons (Fsp3) is 0.250. The van der Waals surface area contributed by atoms with Crippen molar-refractivity contribution in [2.24, 2.45) is 5.73 Å². The van der Waals surface area contributed by atoms with Crippen molar-refractivity contribution >= 4 is 36.4 Å². The summed E-state index contributed by atoms with van der Waals surface area (Å²) in [6.45, 7) is 6.66. The van der Waals surface area contributed by atoms with E-state index in [0.29, 0.717) is 13.0 Å². The Balaban J connectivity index is 0.00000225. The molecule has 1 atom stereocenters. The van der Waals surface area contributed by atoms with Gasteiger partial charge < -0.3 is 10.6 Å². The van der Waals surface area contributed by atoms with Crippen molar-refractivity contribution in [1.29, 1.82) is 0 Å². The molecule has 1 unspecified atom stereocenters. The highest BCUT2D eigenvalue weighted by atomic mass is 35.5. The smallest absolute Gasteiger partial charge is 0.248 e. The molecule has 160 valence electrons. The number of aryl methyl sites for hydroxylation is 3. The van der Waals surface area contributed by atoms with Crippen molar-refractivity contribution in [3.8, 4) is 0 Å². The molecule has 0 aliphatic rings. The van der Waals surface area contributed by atoms with Gasteiger partial charge in [0.25, 0.3) is 0 Å². The van der Waals surface area contributed by atoms with Crippen molar-refractivity contribution < 1.29 is 4.79 Å². The predicted molar refractivity (Wildman–Crippen MR) is 129 cm³/mol. The van der Waals surface area contributed by atoms with Crippen LogP contribution in [0.25, 0.3) is 0 Å². The lowest BCUT2D eigenvalue weighted by Crippen LogP contribution is -2.40. The molecule has 30 heavy (non-hydrogen) atoms. The molecule has 2 aromatic carbocycles. The van der Waals surface area contributed by atoms with Crippen LogP contribution < -0.4 is 10.6 Å². The SMILES string of the molecule is Cc1ccc(CCN(C(=O)C(N)c2ccccc2)c2ccc(C)c(C)c2)nc1.Cl.Cl. The number of carbonyl (C=O) groups is 1. The van der Waals surface area contributed by atoms with Crippen LogP contribution in [0.5, 0.6) is 0 Å². The second-order valence-electron chi connectivity index (χ2n) is 7.22. The Bertz CT molecular complexity index is 946. The lowest BCUT2D eigenvalue weighted by atomic mass is 10.0. The molecule has 3 rings (SSSR count). The zero-order valence-electron chi connectivity index (χ0n) is 17.5. The third-order valence-electron chi connectivity index (χ3n) is 5.06. The number of nitrogens with zero attached hydrogens (tertiary/aromatic N) is 2. The molecular formula is C24H29Cl2N3O. The normalized spacial score (nSPS) is 11.1. The number of rotatable bonds is 6. The number of aromatic nitrogens is 1. The highest BCUT2D eigenvalue weighted by Gasteiger charge is 2.24. The lowest BCUT2D eigenvalue weighted by molar-refractivity contribution is -0.120. The molecule has 0 bridgehead atoms. The fourth-order valence-electron chi connectivity index (χ4n) is 3.10. The Morgan fingerprint density at radius 1 is 0.967 bits per heavy atom. The third-order valence-corrected chi connectivity index (χ3v) is 5.06. The van der Waals surface area contributed by atoms with Gasteiger partial charge in [-0.3, -0.25) is 9.78 Å². The summed E-state index contributed by atoms with van der Waals surface area (Å²) in [6, 6.07) is 18.9. The zero-order valence-corrected chi connectivity index (χ0v) is 19.2. The van der Waals surface area contributed by atoms with Gasteiger partial charge in [0.1, 0.15) is 6.04 Å². The summed E-state index contributed by atoms with van der Waals surface area (Å²) in [6.07, 6.45) is 2.52. The Morgan fingerprint density at radius 2 is 1.67 bits per heavy atom. The average molecular weight is 446 g/mol. The van der Waals surface area contributed by atoms with E-state index in [9.17, 15) is 4.79 Å². The van der Waals surface area contributed by atoms with E-state index in [-0.39, 0.29) is 30.7 Å². The Morgan fingerprint density at radius 3 is 2.27 bits per heavy atom. The predicted octanol–water partition coefficient (Wildman–Crippen LogP) is 5.13. The molecular weight excluding hydrogens is 417 g/mol. The van der Waals surface area contributed by atoms with Gasteiger partial charge in [0.2, 0.25) is 5.91 Å². The quantitative estimate of drug-likeness (QED) is 0.572. The average Bonchev–Trinajstić information content (AvgIpc) is 2.72. The van der Waals surface area contributed by atoms with Crippen LogP contribution in [-0.2, 0) is 11.2 Å². The van der Waals surface area contributed by atoms with E-state index in [1.807, 2.05) is 73.8 Å². The number of anilines is 1. The Kier molecular flexibility index (Phi) is 10.00. The lowest BCUT2D eigenvalue weighted by Gasteiger charge is -2.27.